The second-order valence-corrected chi connectivity index (χ2v) is 6.87. The first-order chi connectivity index (χ1) is 9.65. The highest BCUT2D eigenvalue weighted by atomic mass is 79.9. The predicted octanol–water partition coefficient (Wildman–Crippen LogP) is 6.33. The SMILES string of the molecule is Fc1cccc(CC(Cl)c2csc3c(Br)cccc23)c1. The molecule has 0 aliphatic carbocycles. The predicted molar refractivity (Wildman–Crippen MR) is 88.2 cm³/mol. The molecule has 0 amide bonds. The molecule has 102 valence electrons. The molecule has 0 nitrogen and oxygen atoms in total. The van der Waals surface area contributed by atoms with Crippen molar-refractivity contribution in [3.8, 4) is 0 Å². The van der Waals surface area contributed by atoms with E-state index in [4.69, 9.17) is 11.6 Å². The van der Waals surface area contributed by atoms with Gasteiger partial charge in [-0.25, -0.2) is 4.39 Å². The van der Waals surface area contributed by atoms with Crippen molar-refractivity contribution in [2.75, 3.05) is 0 Å². The fraction of sp³-hybridized carbons (Fsp3) is 0.125. The minimum Gasteiger partial charge on any atom is -0.207 e. The van der Waals surface area contributed by atoms with Crippen LogP contribution in [0.1, 0.15) is 16.5 Å². The third kappa shape index (κ3) is 2.76. The maximum absolute atomic E-state index is 13.2. The van der Waals surface area contributed by atoms with Gasteiger partial charge in [-0.2, -0.15) is 0 Å². The Bertz CT molecular complexity index is 753. The van der Waals surface area contributed by atoms with Gasteiger partial charge in [-0.3, -0.25) is 0 Å². The Morgan fingerprint density at radius 2 is 2.00 bits per heavy atom. The molecule has 4 heteroatoms. The molecular formula is C16H11BrClFS. The van der Waals surface area contributed by atoms with Crippen molar-refractivity contribution in [1.29, 1.82) is 0 Å². The van der Waals surface area contributed by atoms with Crippen LogP contribution in [0.4, 0.5) is 4.39 Å². The molecule has 2 aromatic carbocycles. The van der Waals surface area contributed by atoms with E-state index in [2.05, 4.69) is 27.4 Å². The van der Waals surface area contributed by atoms with E-state index in [9.17, 15) is 4.39 Å². The van der Waals surface area contributed by atoms with E-state index in [-0.39, 0.29) is 11.2 Å². The van der Waals surface area contributed by atoms with Gasteiger partial charge in [0.05, 0.1) is 5.38 Å². The first-order valence-electron chi connectivity index (χ1n) is 6.19. The summed E-state index contributed by atoms with van der Waals surface area (Å²) in [6.45, 7) is 0. The van der Waals surface area contributed by atoms with Crippen LogP contribution >= 0.6 is 38.9 Å². The lowest BCUT2D eigenvalue weighted by molar-refractivity contribution is 0.625. The Labute approximate surface area is 134 Å². The summed E-state index contributed by atoms with van der Waals surface area (Å²) in [5.74, 6) is -0.218. The Hall–Kier alpha value is -0.900. The molecule has 0 fully saturated rings. The van der Waals surface area contributed by atoms with Crippen LogP contribution in [0, 0.1) is 5.82 Å². The largest absolute Gasteiger partial charge is 0.207 e. The number of hydrogen-bond donors (Lipinski definition) is 0. The van der Waals surface area contributed by atoms with Crippen LogP contribution in [-0.4, -0.2) is 0 Å². The summed E-state index contributed by atoms with van der Waals surface area (Å²) in [5, 5.41) is 3.10. The van der Waals surface area contributed by atoms with Gasteiger partial charge in [-0.15, -0.1) is 22.9 Å². The van der Waals surface area contributed by atoms with E-state index in [0.29, 0.717) is 6.42 Å². The summed E-state index contributed by atoms with van der Waals surface area (Å²) in [7, 11) is 0. The van der Waals surface area contributed by atoms with Crippen molar-refractivity contribution < 1.29 is 4.39 Å². The molecule has 1 heterocycles. The Balaban J connectivity index is 1.93. The van der Waals surface area contributed by atoms with Crippen LogP contribution in [-0.2, 0) is 6.42 Å². The molecule has 0 saturated heterocycles. The van der Waals surface area contributed by atoms with Crippen LogP contribution in [0.5, 0.6) is 0 Å². The molecule has 1 aromatic heterocycles. The number of thiophene rings is 1. The zero-order valence-corrected chi connectivity index (χ0v) is 13.6. The second kappa shape index (κ2) is 5.84. The second-order valence-electron chi connectivity index (χ2n) is 4.61. The molecule has 3 rings (SSSR count). The molecular weight excluding hydrogens is 359 g/mol. The molecule has 0 radical (unpaired) electrons. The van der Waals surface area contributed by atoms with Gasteiger partial charge in [0.2, 0.25) is 0 Å². The number of halogens is 3. The summed E-state index contributed by atoms with van der Waals surface area (Å²) in [6.07, 6.45) is 0.623. The molecule has 0 aliphatic heterocycles. The number of hydrogen-bond acceptors (Lipinski definition) is 1. The van der Waals surface area contributed by atoms with Crippen molar-refractivity contribution in [1.82, 2.24) is 0 Å². The summed E-state index contributed by atoms with van der Waals surface area (Å²) < 4.78 is 15.5. The Morgan fingerprint density at radius 3 is 2.80 bits per heavy atom. The van der Waals surface area contributed by atoms with E-state index in [0.717, 1.165) is 15.6 Å². The number of rotatable bonds is 3. The monoisotopic (exact) mass is 368 g/mol. The Kier molecular flexibility index (Phi) is 4.11. The third-order valence-electron chi connectivity index (χ3n) is 3.22. The molecule has 0 bridgehead atoms. The molecule has 1 atom stereocenters. The summed E-state index contributed by atoms with van der Waals surface area (Å²) in [4.78, 5) is 0. The lowest BCUT2D eigenvalue weighted by Gasteiger charge is -2.09. The van der Waals surface area contributed by atoms with E-state index in [1.807, 2.05) is 18.2 Å². The number of fused-ring (bicyclic) bond motifs is 1. The van der Waals surface area contributed by atoms with Crippen molar-refractivity contribution in [3.63, 3.8) is 0 Å². The van der Waals surface area contributed by atoms with Crippen LogP contribution in [0.15, 0.2) is 52.3 Å². The van der Waals surface area contributed by atoms with Gasteiger partial charge >= 0.3 is 0 Å². The minimum absolute atomic E-state index is 0.153. The van der Waals surface area contributed by atoms with Gasteiger partial charge in [0.15, 0.2) is 0 Å². The maximum Gasteiger partial charge on any atom is 0.123 e. The molecule has 0 spiro atoms. The number of alkyl halides is 1. The minimum atomic E-state index is -0.218. The van der Waals surface area contributed by atoms with Crippen LogP contribution in [0.25, 0.3) is 10.1 Å². The van der Waals surface area contributed by atoms with Crippen LogP contribution in [0.2, 0.25) is 0 Å². The smallest absolute Gasteiger partial charge is 0.123 e. The highest BCUT2D eigenvalue weighted by Crippen LogP contribution is 2.38. The zero-order chi connectivity index (χ0) is 14.1. The van der Waals surface area contributed by atoms with Gasteiger partial charge in [0.1, 0.15) is 5.82 Å². The average molecular weight is 370 g/mol. The zero-order valence-electron chi connectivity index (χ0n) is 10.4. The lowest BCUT2D eigenvalue weighted by atomic mass is 10.0. The van der Waals surface area contributed by atoms with Crippen molar-refractivity contribution in [3.05, 3.63) is 69.3 Å². The molecule has 0 aliphatic rings. The normalized spacial score (nSPS) is 12.8. The van der Waals surface area contributed by atoms with Crippen molar-refractivity contribution in [2.24, 2.45) is 0 Å². The van der Waals surface area contributed by atoms with Gasteiger partial charge in [0, 0.05) is 9.17 Å². The van der Waals surface area contributed by atoms with E-state index >= 15 is 0 Å². The van der Waals surface area contributed by atoms with Crippen LogP contribution in [0.3, 0.4) is 0 Å². The van der Waals surface area contributed by atoms with Crippen molar-refractivity contribution in [2.45, 2.75) is 11.8 Å². The summed E-state index contributed by atoms with van der Waals surface area (Å²) in [5.41, 5.74) is 2.02. The van der Waals surface area contributed by atoms with Gasteiger partial charge in [0.25, 0.3) is 0 Å². The Morgan fingerprint density at radius 1 is 1.20 bits per heavy atom. The molecule has 0 N–H and O–H groups in total. The first kappa shape index (κ1) is 14.1. The standard InChI is InChI=1S/C16H11BrClFS/c17-14-6-2-5-12-13(9-20-16(12)14)15(18)8-10-3-1-4-11(19)7-10/h1-7,9,15H,8H2. The van der Waals surface area contributed by atoms with Gasteiger partial charge in [-0.05, 0) is 62.4 Å². The van der Waals surface area contributed by atoms with E-state index in [1.165, 1.54) is 16.2 Å². The topological polar surface area (TPSA) is 0 Å². The lowest BCUT2D eigenvalue weighted by Crippen LogP contribution is -1.95. The fourth-order valence-electron chi connectivity index (χ4n) is 2.27. The van der Waals surface area contributed by atoms with Gasteiger partial charge < -0.3 is 0 Å². The maximum atomic E-state index is 13.2. The molecule has 3 aromatic rings. The molecule has 1 unspecified atom stereocenters. The van der Waals surface area contributed by atoms with Crippen LogP contribution < -0.4 is 0 Å². The fourth-order valence-corrected chi connectivity index (χ4v) is 4.37. The summed E-state index contributed by atoms with van der Waals surface area (Å²) >= 11 is 11.8. The quantitative estimate of drug-likeness (QED) is 0.473. The molecule has 20 heavy (non-hydrogen) atoms. The third-order valence-corrected chi connectivity index (χ3v) is 5.58. The number of benzene rings is 2. The highest BCUT2D eigenvalue weighted by molar-refractivity contribution is 9.10. The first-order valence-corrected chi connectivity index (χ1v) is 8.30. The van der Waals surface area contributed by atoms with E-state index < -0.39 is 0 Å². The van der Waals surface area contributed by atoms with Gasteiger partial charge in [-0.1, -0.05) is 24.3 Å². The van der Waals surface area contributed by atoms with Crippen molar-refractivity contribution >= 4 is 49.0 Å². The van der Waals surface area contributed by atoms with E-state index in [1.54, 1.807) is 23.5 Å². The highest BCUT2D eigenvalue weighted by Gasteiger charge is 2.15. The molecule has 0 saturated carbocycles. The average Bonchev–Trinajstić information content (AvgIpc) is 2.84. The summed E-state index contributed by atoms with van der Waals surface area (Å²) in [6, 6.07) is 12.7.